The average Bonchev–Trinajstić information content (AvgIpc) is 3.49. The van der Waals surface area contributed by atoms with Crippen LogP contribution in [0.5, 0.6) is 0 Å². The van der Waals surface area contributed by atoms with Crippen LogP contribution in [0.4, 0.5) is 5.00 Å². The average molecular weight is 588 g/mol. The highest BCUT2D eigenvalue weighted by Crippen LogP contribution is 2.38. The molecule has 0 fully saturated rings. The van der Waals surface area contributed by atoms with Crippen LogP contribution in [0.2, 0.25) is 10.0 Å². The number of carbonyl (C=O) groups excluding carboxylic acids is 2. The maximum Gasteiger partial charge on any atom is 0.341 e. The van der Waals surface area contributed by atoms with Gasteiger partial charge < -0.3 is 10.1 Å². The summed E-state index contributed by atoms with van der Waals surface area (Å²) >= 11 is 14.7. The van der Waals surface area contributed by atoms with E-state index in [1.807, 2.05) is 42.0 Å². The van der Waals surface area contributed by atoms with Crippen LogP contribution in [0.25, 0.3) is 22.5 Å². The number of nitrogens with one attached hydrogen (secondary N) is 1. The van der Waals surface area contributed by atoms with Gasteiger partial charge in [-0.3, -0.25) is 9.36 Å². The van der Waals surface area contributed by atoms with Gasteiger partial charge in [-0.1, -0.05) is 64.8 Å². The Morgan fingerprint density at radius 2 is 1.92 bits per heavy atom. The molecule has 0 unspecified atom stereocenters. The Kier molecular flexibility index (Phi) is 8.94. The zero-order valence-corrected chi connectivity index (χ0v) is 24.0. The molecular formula is C27H24Cl2N4O3S2. The number of benzene rings is 2. The van der Waals surface area contributed by atoms with E-state index in [0.29, 0.717) is 38.1 Å². The fourth-order valence-corrected chi connectivity index (χ4v) is 5.82. The molecule has 0 spiro atoms. The molecule has 2 aromatic heterocycles. The number of rotatable bonds is 9. The number of anilines is 1. The van der Waals surface area contributed by atoms with Gasteiger partial charge in [-0.05, 0) is 43.2 Å². The fraction of sp³-hybridized carbons (Fsp3) is 0.185. The molecule has 0 saturated carbocycles. The molecule has 7 nitrogen and oxygen atoms in total. The monoisotopic (exact) mass is 586 g/mol. The molecule has 1 amide bonds. The molecule has 0 aliphatic carbocycles. The minimum Gasteiger partial charge on any atom is -0.465 e. The van der Waals surface area contributed by atoms with Gasteiger partial charge in [-0.2, -0.15) is 0 Å². The third kappa shape index (κ3) is 5.96. The number of allylic oxidation sites excluding steroid dienone is 1. The molecule has 0 radical (unpaired) electrons. The van der Waals surface area contributed by atoms with Crippen molar-refractivity contribution >= 4 is 63.2 Å². The van der Waals surface area contributed by atoms with Gasteiger partial charge in [0.25, 0.3) is 0 Å². The number of hydrogen-bond acceptors (Lipinski definition) is 7. The second-order valence-corrected chi connectivity index (χ2v) is 11.0. The first kappa shape index (κ1) is 27.9. The van der Waals surface area contributed by atoms with Crippen molar-refractivity contribution in [2.45, 2.75) is 25.5 Å². The first-order valence-corrected chi connectivity index (χ1v) is 14.0. The van der Waals surface area contributed by atoms with E-state index in [2.05, 4.69) is 22.1 Å². The van der Waals surface area contributed by atoms with E-state index in [0.717, 1.165) is 27.8 Å². The number of aromatic nitrogens is 3. The van der Waals surface area contributed by atoms with Crippen molar-refractivity contribution in [1.82, 2.24) is 14.8 Å². The molecule has 0 atom stereocenters. The lowest BCUT2D eigenvalue weighted by atomic mass is 9.97. The van der Waals surface area contributed by atoms with Crippen LogP contribution in [-0.2, 0) is 16.1 Å². The molecule has 0 saturated heterocycles. The third-order valence-corrected chi connectivity index (χ3v) is 8.26. The number of halogens is 2. The normalized spacial score (nSPS) is 10.9. The molecular weight excluding hydrogens is 563 g/mol. The highest BCUT2D eigenvalue weighted by atomic mass is 35.5. The van der Waals surface area contributed by atoms with Crippen LogP contribution in [0.15, 0.2) is 59.6 Å². The van der Waals surface area contributed by atoms with Crippen LogP contribution >= 0.6 is 46.3 Å². The topological polar surface area (TPSA) is 86.1 Å². The summed E-state index contributed by atoms with van der Waals surface area (Å²) in [6.07, 6.45) is 1.72. The molecule has 4 rings (SSSR count). The van der Waals surface area contributed by atoms with Crippen molar-refractivity contribution in [1.29, 1.82) is 0 Å². The molecule has 11 heteroatoms. The number of esters is 1. The molecule has 38 heavy (non-hydrogen) atoms. The Labute approximate surface area is 238 Å². The SMILES string of the molecule is C=CCn1c(SCC(=O)Nc2scc(-c3cc(C)ccc3C)c2C(=O)OC)nnc1-c1ccc(Cl)c(Cl)c1. The molecule has 4 aromatic rings. The third-order valence-electron chi connectivity index (χ3n) is 5.66. The molecule has 2 aromatic carbocycles. The van der Waals surface area contributed by atoms with E-state index < -0.39 is 5.97 Å². The summed E-state index contributed by atoms with van der Waals surface area (Å²) in [5.41, 5.74) is 4.81. The number of ether oxygens (including phenoxy) is 1. The number of methoxy groups -OCH3 is 1. The van der Waals surface area contributed by atoms with E-state index in [9.17, 15) is 9.59 Å². The van der Waals surface area contributed by atoms with Gasteiger partial charge in [0.1, 0.15) is 10.6 Å². The standard InChI is InChI=1S/C27H24Cl2N4O3S2/c1-5-10-33-24(17-8-9-20(28)21(29)12-17)31-32-27(33)38-14-22(34)30-25-23(26(35)36-4)19(13-37-25)18-11-15(2)6-7-16(18)3/h5-9,11-13H,1,10,14H2,2-4H3,(H,30,34). The van der Waals surface area contributed by atoms with Gasteiger partial charge in [0.15, 0.2) is 11.0 Å². The summed E-state index contributed by atoms with van der Waals surface area (Å²) in [4.78, 5) is 25.7. The van der Waals surface area contributed by atoms with Gasteiger partial charge in [0, 0.05) is 23.1 Å². The highest BCUT2D eigenvalue weighted by Gasteiger charge is 2.24. The summed E-state index contributed by atoms with van der Waals surface area (Å²) < 4.78 is 6.89. The van der Waals surface area contributed by atoms with Gasteiger partial charge in [0.2, 0.25) is 5.91 Å². The number of aryl methyl sites for hydroxylation is 2. The molecule has 1 N–H and O–H groups in total. The second-order valence-electron chi connectivity index (χ2n) is 8.33. The van der Waals surface area contributed by atoms with E-state index in [1.54, 1.807) is 24.3 Å². The van der Waals surface area contributed by atoms with Crippen molar-refractivity contribution in [3.63, 3.8) is 0 Å². The van der Waals surface area contributed by atoms with Crippen LogP contribution in [0.1, 0.15) is 21.5 Å². The van der Waals surface area contributed by atoms with Crippen molar-refractivity contribution in [2.75, 3.05) is 18.2 Å². The van der Waals surface area contributed by atoms with Crippen LogP contribution < -0.4 is 5.32 Å². The number of thiophene rings is 1. The number of thioether (sulfide) groups is 1. The summed E-state index contributed by atoms with van der Waals surface area (Å²) in [5, 5.41) is 15.1. The highest BCUT2D eigenvalue weighted by molar-refractivity contribution is 7.99. The lowest BCUT2D eigenvalue weighted by Crippen LogP contribution is -2.16. The van der Waals surface area contributed by atoms with Gasteiger partial charge >= 0.3 is 5.97 Å². The second kappa shape index (κ2) is 12.2. The van der Waals surface area contributed by atoms with Crippen LogP contribution in [0, 0.1) is 13.8 Å². The van der Waals surface area contributed by atoms with Gasteiger partial charge in [0.05, 0.1) is 22.9 Å². The quantitative estimate of drug-likeness (QED) is 0.126. The van der Waals surface area contributed by atoms with Crippen molar-refractivity contribution in [3.8, 4) is 22.5 Å². The Balaban J connectivity index is 1.55. The summed E-state index contributed by atoms with van der Waals surface area (Å²) in [5.74, 6) is -0.176. The van der Waals surface area contributed by atoms with Crippen LogP contribution in [0.3, 0.4) is 0 Å². The number of nitrogens with zero attached hydrogens (tertiary/aromatic N) is 3. The van der Waals surface area contributed by atoms with Crippen molar-refractivity contribution < 1.29 is 14.3 Å². The fourth-order valence-electron chi connectivity index (χ4n) is 3.81. The maximum absolute atomic E-state index is 13.0. The maximum atomic E-state index is 13.0. The van der Waals surface area contributed by atoms with Gasteiger partial charge in [-0.15, -0.1) is 28.1 Å². The van der Waals surface area contributed by atoms with E-state index >= 15 is 0 Å². The van der Waals surface area contributed by atoms with Crippen molar-refractivity contribution in [3.05, 3.63) is 81.2 Å². The molecule has 0 aliphatic rings. The summed E-state index contributed by atoms with van der Waals surface area (Å²) in [6.45, 7) is 8.22. The van der Waals surface area contributed by atoms with Gasteiger partial charge in [-0.25, -0.2) is 4.79 Å². The molecule has 0 aliphatic heterocycles. The van der Waals surface area contributed by atoms with Crippen molar-refractivity contribution in [2.24, 2.45) is 0 Å². The minimum atomic E-state index is -0.512. The predicted molar refractivity (Wildman–Crippen MR) is 156 cm³/mol. The Morgan fingerprint density at radius 3 is 2.63 bits per heavy atom. The summed E-state index contributed by atoms with van der Waals surface area (Å²) in [7, 11) is 1.33. The Hall–Kier alpha value is -3.11. The number of carbonyl (C=O) groups is 2. The zero-order chi connectivity index (χ0) is 27.4. The first-order valence-electron chi connectivity index (χ1n) is 11.4. The number of amides is 1. The minimum absolute atomic E-state index is 0.0496. The Bertz CT molecular complexity index is 1530. The summed E-state index contributed by atoms with van der Waals surface area (Å²) in [6, 6.07) is 11.2. The molecule has 196 valence electrons. The number of hydrogen-bond donors (Lipinski definition) is 1. The smallest absolute Gasteiger partial charge is 0.341 e. The molecule has 2 heterocycles. The van der Waals surface area contributed by atoms with Crippen LogP contribution in [-0.4, -0.2) is 39.5 Å². The lowest BCUT2D eigenvalue weighted by Gasteiger charge is -2.10. The predicted octanol–water partition coefficient (Wildman–Crippen LogP) is 7.30. The lowest BCUT2D eigenvalue weighted by molar-refractivity contribution is -0.113. The zero-order valence-electron chi connectivity index (χ0n) is 20.9. The largest absolute Gasteiger partial charge is 0.465 e. The Morgan fingerprint density at radius 1 is 1.13 bits per heavy atom. The van der Waals surface area contributed by atoms with E-state index in [1.165, 1.54) is 30.2 Å². The van der Waals surface area contributed by atoms with E-state index in [-0.39, 0.29) is 11.7 Å². The molecule has 0 bridgehead atoms. The van der Waals surface area contributed by atoms with E-state index in [4.69, 9.17) is 27.9 Å². The first-order chi connectivity index (χ1) is 18.2.